The fraction of sp³-hybridized carbons (Fsp3) is 0.833. The van der Waals surface area contributed by atoms with Gasteiger partial charge in [-0.3, -0.25) is 4.79 Å². The number of nitrogens with one attached hydrogen (secondary N) is 1. The highest BCUT2D eigenvalue weighted by Crippen LogP contribution is 2.66. The van der Waals surface area contributed by atoms with Crippen LogP contribution >= 0.6 is 0 Å². The highest BCUT2D eigenvalue weighted by molar-refractivity contribution is 5.87. The zero-order valence-corrected chi connectivity index (χ0v) is 18.2. The average molecular weight is 421 g/mol. The quantitative estimate of drug-likeness (QED) is 0.633. The van der Waals surface area contributed by atoms with Crippen molar-refractivity contribution in [3.8, 4) is 0 Å². The number of ketones is 1. The van der Waals surface area contributed by atoms with Crippen LogP contribution in [0.3, 0.4) is 0 Å². The van der Waals surface area contributed by atoms with Crippen molar-refractivity contribution in [2.75, 3.05) is 13.1 Å². The molecule has 166 valence electrons. The summed E-state index contributed by atoms with van der Waals surface area (Å²) in [7, 11) is 0. The number of carbonyl (C=O) groups is 1. The SMILES string of the molecule is C[C@]12CCC(=NO[C@@H]3CCNC3)CC1C(=C(F)F)C[C@@H]1[C@H]2CC[C@]2(C)C(=O)CC[C@@H]12. The Kier molecular flexibility index (Phi) is 5.07. The first-order valence-electron chi connectivity index (χ1n) is 11.8. The largest absolute Gasteiger partial charge is 0.391 e. The maximum Gasteiger partial charge on any atom is 0.269 e. The molecule has 0 aromatic carbocycles. The molecule has 30 heavy (non-hydrogen) atoms. The molecule has 1 unspecified atom stereocenters. The fourth-order valence-corrected chi connectivity index (χ4v) is 7.84. The van der Waals surface area contributed by atoms with E-state index in [1.807, 2.05) is 0 Å². The second kappa shape index (κ2) is 7.39. The summed E-state index contributed by atoms with van der Waals surface area (Å²) in [6, 6.07) is 0. The van der Waals surface area contributed by atoms with E-state index in [1.54, 1.807) is 0 Å². The van der Waals surface area contributed by atoms with Crippen molar-refractivity contribution >= 4 is 11.5 Å². The van der Waals surface area contributed by atoms with Crippen molar-refractivity contribution in [1.82, 2.24) is 5.32 Å². The van der Waals surface area contributed by atoms with E-state index in [4.69, 9.17) is 4.84 Å². The van der Waals surface area contributed by atoms with Gasteiger partial charge in [-0.2, -0.15) is 8.78 Å². The van der Waals surface area contributed by atoms with Gasteiger partial charge in [0.2, 0.25) is 0 Å². The molecule has 7 atom stereocenters. The minimum absolute atomic E-state index is 0.102. The summed E-state index contributed by atoms with van der Waals surface area (Å²) < 4.78 is 28.5. The lowest BCUT2D eigenvalue weighted by molar-refractivity contribution is -0.134. The molecule has 0 spiro atoms. The Morgan fingerprint density at radius 1 is 1.10 bits per heavy atom. The van der Waals surface area contributed by atoms with Crippen LogP contribution in [0.4, 0.5) is 8.78 Å². The van der Waals surface area contributed by atoms with Crippen LogP contribution in [0.2, 0.25) is 0 Å². The molecule has 4 saturated carbocycles. The molecule has 4 nitrogen and oxygen atoms in total. The molecule has 1 aliphatic heterocycles. The maximum atomic E-state index is 14.2. The zero-order valence-electron chi connectivity index (χ0n) is 18.2. The highest BCUT2D eigenvalue weighted by atomic mass is 19.3. The lowest BCUT2D eigenvalue weighted by Crippen LogP contribution is -2.54. The van der Waals surface area contributed by atoms with Gasteiger partial charge >= 0.3 is 0 Å². The molecule has 1 saturated heterocycles. The number of oxime groups is 1. The number of Topliss-reactive ketones (excluding diaryl/α,β-unsaturated/α-hetero) is 1. The summed E-state index contributed by atoms with van der Waals surface area (Å²) in [5, 5.41) is 7.69. The van der Waals surface area contributed by atoms with E-state index in [0.717, 1.165) is 57.3 Å². The number of carbonyl (C=O) groups excluding carboxylic acids is 1. The minimum atomic E-state index is -1.50. The molecular weight excluding hydrogens is 386 g/mol. The fourth-order valence-electron chi connectivity index (χ4n) is 7.84. The van der Waals surface area contributed by atoms with Crippen LogP contribution in [-0.2, 0) is 9.63 Å². The minimum Gasteiger partial charge on any atom is -0.391 e. The molecule has 6 heteroatoms. The molecule has 0 radical (unpaired) electrons. The van der Waals surface area contributed by atoms with Gasteiger partial charge in [0.1, 0.15) is 11.9 Å². The smallest absolute Gasteiger partial charge is 0.269 e. The van der Waals surface area contributed by atoms with Crippen molar-refractivity contribution < 1.29 is 18.4 Å². The molecule has 0 aromatic rings. The first-order valence-corrected chi connectivity index (χ1v) is 11.8. The first-order chi connectivity index (χ1) is 14.3. The Bertz CT molecular complexity index is 786. The van der Waals surface area contributed by atoms with Gasteiger partial charge in [0.25, 0.3) is 6.08 Å². The van der Waals surface area contributed by atoms with E-state index >= 15 is 0 Å². The lowest BCUT2D eigenvalue weighted by Gasteiger charge is -2.59. The molecule has 0 bridgehead atoms. The van der Waals surface area contributed by atoms with Gasteiger partial charge < -0.3 is 10.2 Å². The van der Waals surface area contributed by atoms with Gasteiger partial charge in [-0.15, -0.1) is 0 Å². The third-order valence-electron chi connectivity index (χ3n) is 9.65. The van der Waals surface area contributed by atoms with Crippen LogP contribution < -0.4 is 5.32 Å². The van der Waals surface area contributed by atoms with Gasteiger partial charge in [-0.05, 0) is 86.2 Å². The molecule has 5 fully saturated rings. The normalized spacial score (nSPS) is 47.1. The number of allylic oxidation sites excluding steroid dienone is 1. The third-order valence-corrected chi connectivity index (χ3v) is 9.65. The topological polar surface area (TPSA) is 50.7 Å². The molecular formula is C24H34F2N2O2. The second-order valence-electron chi connectivity index (χ2n) is 10.9. The van der Waals surface area contributed by atoms with Crippen LogP contribution in [0.5, 0.6) is 0 Å². The van der Waals surface area contributed by atoms with Crippen LogP contribution in [-0.4, -0.2) is 30.7 Å². The molecule has 1 heterocycles. The highest BCUT2D eigenvalue weighted by Gasteiger charge is 2.61. The van der Waals surface area contributed by atoms with Gasteiger partial charge in [-0.25, -0.2) is 0 Å². The number of hydrogen-bond acceptors (Lipinski definition) is 4. The summed E-state index contributed by atoms with van der Waals surface area (Å²) in [6.45, 7) is 6.11. The van der Waals surface area contributed by atoms with Gasteiger partial charge in [0.05, 0.1) is 5.71 Å². The zero-order chi connectivity index (χ0) is 21.1. The molecule has 5 rings (SSSR count). The van der Waals surface area contributed by atoms with E-state index in [1.165, 1.54) is 0 Å². The maximum absolute atomic E-state index is 14.2. The predicted molar refractivity (Wildman–Crippen MR) is 111 cm³/mol. The third kappa shape index (κ3) is 3.08. The lowest BCUT2D eigenvalue weighted by atomic mass is 9.44. The van der Waals surface area contributed by atoms with Crippen molar-refractivity contribution in [2.24, 2.45) is 39.7 Å². The van der Waals surface area contributed by atoms with Crippen LogP contribution in [0, 0.1) is 34.5 Å². The molecule has 5 aliphatic rings. The molecule has 0 amide bonds. The van der Waals surface area contributed by atoms with Crippen molar-refractivity contribution in [2.45, 2.75) is 77.7 Å². The van der Waals surface area contributed by atoms with E-state index < -0.39 is 6.08 Å². The van der Waals surface area contributed by atoms with Gasteiger partial charge in [0.15, 0.2) is 0 Å². The molecule has 4 aliphatic carbocycles. The van der Waals surface area contributed by atoms with E-state index in [0.29, 0.717) is 36.5 Å². The Morgan fingerprint density at radius 2 is 1.93 bits per heavy atom. The number of fused-ring (bicyclic) bond motifs is 5. The first kappa shape index (κ1) is 20.6. The average Bonchev–Trinajstić information content (AvgIpc) is 3.34. The van der Waals surface area contributed by atoms with E-state index in [9.17, 15) is 13.6 Å². The second-order valence-corrected chi connectivity index (χ2v) is 10.9. The number of nitrogens with zero attached hydrogens (tertiary/aromatic N) is 1. The van der Waals surface area contributed by atoms with Crippen molar-refractivity contribution in [3.63, 3.8) is 0 Å². The summed E-state index contributed by atoms with van der Waals surface area (Å²) in [5.41, 5.74) is 0.866. The monoisotopic (exact) mass is 420 g/mol. The summed E-state index contributed by atoms with van der Waals surface area (Å²) in [6.07, 6.45) is 5.76. The molecule has 1 N–H and O–H groups in total. The Labute approximate surface area is 177 Å². The Morgan fingerprint density at radius 3 is 2.67 bits per heavy atom. The number of rotatable bonds is 2. The standard InChI is InChI=1S/C24H34F2N2O2/c1-23-8-5-14(28-30-15-7-10-27-13-15)11-20(23)17(22(25)26)12-16-18-3-4-21(29)24(18,2)9-6-19(16)23/h15-16,18-20,27H,3-13H2,1-2H3/t15-,16+,18+,19-,20?,23-,24+/m1/s1. The van der Waals surface area contributed by atoms with Crippen LogP contribution in [0.15, 0.2) is 16.8 Å². The Hall–Kier alpha value is -1.30. The van der Waals surface area contributed by atoms with E-state index in [-0.39, 0.29) is 34.7 Å². The van der Waals surface area contributed by atoms with Crippen LogP contribution in [0.1, 0.15) is 71.6 Å². The Balaban J connectivity index is 1.42. The number of halogens is 2. The molecule has 0 aromatic heterocycles. The van der Waals surface area contributed by atoms with Crippen molar-refractivity contribution in [3.05, 3.63) is 11.7 Å². The number of hydrogen-bond donors (Lipinski definition) is 1. The summed E-state index contributed by atoms with van der Waals surface area (Å²) in [5.74, 6) is 1.12. The predicted octanol–water partition coefficient (Wildman–Crippen LogP) is 5.09. The summed E-state index contributed by atoms with van der Waals surface area (Å²) >= 11 is 0. The summed E-state index contributed by atoms with van der Waals surface area (Å²) in [4.78, 5) is 18.3. The van der Waals surface area contributed by atoms with Gasteiger partial charge in [-0.1, -0.05) is 19.0 Å². The van der Waals surface area contributed by atoms with Crippen LogP contribution in [0.25, 0.3) is 0 Å². The van der Waals surface area contributed by atoms with Gasteiger partial charge in [0, 0.05) is 24.8 Å². The van der Waals surface area contributed by atoms with E-state index in [2.05, 4.69) is 24.3 Å². The van der Waals surface area contributed by atoms with Crippen molar-refractivity contribution in [1.29, 1.82) is 0 Å².